The van der Waals surface area contributed by atoms with E-state index < -0.39 is 0 Å². The Hall–Kier alpha value is -0.500. The maximum atomic E-state index is 10.9. The summed E-state index contributed by atoms with van der Waals surface area (Å²) in [4.78, 5) is 10.9. The van der Waals surface area contributed by atoms with Crippen molar-refractivity contribution in [3.8, 4) is 0 Å². The van der Waals surface area contributed by atoms with Crippen LogP contribution in [0.2, 0.25) is 0 Å². The van der Waals surface area contributed by atoms with Gasteiger partial charge in [-0.2, -0.15) is 0 Å². The molecule has 0 atom stereocenters. The minimum atomic E-state index is -0.147. The second-order valence-corrected chi connectivity index (χ2v) is 3.15. The van der Waals surface area contributed by atoms with Crippen LogP contribution in [0.3, 0.4) is 0 Å². The number of hydrogen-bond acceptors (Lipinski definition) is 2. The van der Waals surface area contributed by atoms with Gasteiger partial charge in [-0.3, -0.25) is 4.79 Å². The molecule has 0 aliphatic heterocycles. The molecule has 12 heavy (non-hydrogen) atoms. The lowest BCUT2D eigenvalue weighted by Crippen LogP contribution is -2.04. The Labute approximate surface area is 78.5 Å². The Balaban J connectivity index is 3.38. The Morgan fingerprint density at radius 3 is 2.75 bits per heavy atom. The van der Waals surface area contributed by atoms with E-state index in [-0.39, 0.29) is 5.97 Å². The number of carbonyl (C=O) groups excluding carboxylic acids is 1. The summed E-state index contributed by atoms with van der Waals surface area (Å²) in [6, 6.07) is 0. The van der Waals surface area contributed by atoms with E-state index in [1.165, 1.54) is 0 Å². The molecule has 0 amide bonds. The second kappa shape index (κ2) is 7.17. The van der Waals surface area contributed by atoms with Gasteiger partial charge in [-0.25, -0.2) is 0 Å². The SMILES string of the molecule is CCCOC(=O)CCC=C(C)Cl. The van der Waals surface area contributed by atoms with Gasteiger partial charge in [0, 0.05) is 11.5 Å². The molecular formula is C9H15ClO2. The smallest absolute Gasteiger partial charge is 0.306 e. The Morgan fingerprint density at radius 1 is 1.58 bits per heavy atom. The van der Waals surface area contributed by atoms with Crippen molar-refractivity contribution in [2.24, 2.45) is 0 Å². The monoisotopic (exact) mass is 190 g/mol. The number of halogens is 1. The van der Waals surface area contributed by atoms with Crippen molar-refractivity contribution >= 4 is 17.6 Å². The van der Waals surface area contributed by atoms with Crippen molar-refractivity contribution in [3.63, 3.8) is 0 Å². The molecule has 0 radical (unpaired) electrons. The predicted octanol–water partition coefficient (Wildman–Crippen LogP) is 2.86. The number of esters is 1. The lowest BCUT2D eigenvalue weighted by Gasteiger charge is -2.00. The van der Waals surface area contributed by atoms with Crippen LogP contribution in [0, 0.1) is 0 Å². The van der Waals surface area contributed by atoms with Crippen LogP contribution >= 0.6 is 11.6 Å². The van der Waals surface area contributed by atoms with Gasteiger partial charge in [0.15, 0.2) is 0 Å². The minimum Gasteiger partial charge on any atom is -0.466 e. The highest BCUT2D eigenvalue weighted by molar-refractivity contribution is 6.29. The van der Waals surface area contributed by atoms with Crippen molar-refractivity contribution in [2.45, 2.75) is 33.1 Å². The van der Waals surface area contributed by atoms with E-state index >= 15 is 0 Å². The molecule has 0 fully saturated rings. The maximum absolute atomic E-state index is 10.9. The van der Waals surface area contributed by atoms with Crippen LogP contribution < -0.4 is 0 Å². The molecule has 0 saturated carbocycles. The first kappa shape index (κ1) is 11.5. The molecule has 0 aliphatic carbocycles. The third kappa shape index (κ3) is 7.61. The molecule has 70 valence electrons. The maximum Gasteiger partial charge on any atom is 0.306 e. The van der Waals surface area contributed by atoms with Gasteiger partial charge < -0.3 is 4.74 Å². The zero-order chi connectivity index (χ0) is 9.40. The Kier molecular flexibility index (Phi) is 6.87. The zero-order valence-electron chi connectivity index (χ0n) is 7.60. The molecule has 3 heteroatoms. The van der Waals surface area contributed by atoms with E-state index in [4.69, 9.17) is 16.3 Å². The number of rotatable bonds is 5. The third-order valence-corrected chi connectivity index (χ3v) is 1.40. The van der Waals surface area contributed by atoms with Crippen molar-refractivity contribution < 1.29 is 9.53 Å². The molecule has 0 N–H and O–H groups in total. The first-order valence-electron chi connectivity index (χ1n) is 4.14. The van der Waals surface area contributed by atoms with Crippen molar-refractivity contribution in [2.75, 3.05) is 6.61 Å². The molecule has 0 aromatic rings. The van der Waals surface area contributed by atoms with Crippen LogP contribution in [-0.2, 0) is 9.53 Å². The third-order valence-electron chi connectivity index (χ3n) is 1.24. The van der Waals surface area contributed by atoms with Gasteiger partial charge in [-0.15, -0.1) is 0 Å². The summed E-state index contributed by atoms with van der Waals surface area (Å²) in [5, 5.41) is 0.721. The quantitative estimate of drug-likeness (QED) is 0.624. The fourth-order valence-electron chi connectivity index (χ4n) is 0.677. The molecule has 0 saturated heterocycles. The lowest BCUT2D eigenvalue weighted by molar-refractivity contribution is -0.143. The van der Waals surface area contributed by atoms with Gasteiger partial charge in [-0.05, 0) is 19.8 Å². The van der Waals surface area contributed by atoms with Crippen molar-refractivity contribution in [3.05, 3.63) is 11.1 Å². The van der Waals surface area contributed by atoms with Crippen LogP contribution in [0.15, 0.2) is 11.1 Å². The standard InChI is InChI=1S/C9H15ClO2/c1-3-7-12-9(11)6-4-5-8(2)10/h5H,3-4,6-7H2,1-2H3. The number of carbonyl (C=O) groups is 1. The van der Waals surface area contributed by atoms with E-state index in [0.717, 1.165) is 11.5 Å². The van der Waals surface area contributed by atoms with E-state index in [2.05, 4.69) is 0 Å². The largest absolute Gasteiger partial charge is 0.466 e. The summed E-state index contributed by atoms with van der Waals surface area (Å²) in [5.74, 6) is -0.147. The van der Waals surface area contributed by atoms with Gasteiger partial charge in [0.05, 0.1) is 6.61 Å². The number of allylic oxidation sites excluding steroid dienone is 2. The van der Waals surface area contributed by atoms with Crippen LogP contribution in [0.1, 0.15) is 33.1 Å². The van der Waals surface area contributed by atoms with E-state index in [1.54, 1.807) is 6.92 Å². The molecule has 0 unspecified atom stereocenters. The fourth-order valence-corrected chi connectivity index (χ4v) is 0.786. The Bertz CT molecular complexity index is 160. The van der Waals surface area contributed by atoms with Crippen LogP contribution in [-0.4, -0.2) is 12.6 Å². The highest BCUT2D eigenvalue weighted by Gasteiger charge is 1.99. The second-order valence-electron chi connectivity index (χ2n) is 2.55. The highest BCUT2D eigenvalue weighted by Crippen LogP contribution is 2.03. The zero-order valence-corrected chi connectivity index (χ0v) is 8.36. The van der Waals surface area contributed by atoms with Crippen LogP contribution in [0.5, 0.6) is 0 Å². The first-order chi connectivity index (χ1) is 5.66. The molecule has 0 aromatic carbocycles. The van der Waals surface area contributed by atoms with Gasteiger partial charge in [0.25, 0.3) is 0 Å². The molecule has 0 rings (SSSR count). The lowest BCUT2D eigenvalue weighted by atomic mass is 10.3. The van der Waals surface area contributed by atoms with Crippen molar-refractivity contribution in [1.82, 2.24) is 0 Å². The molecular weight excluding hydrogens is 176 g/mol. The molecule has 2 nitrogen and oxygen atoms in total. The topological polar surface area (TPSA) is 26.3 Å². The highest BCUT2D eigenvalue weighted by atomic mass is 35.5. The molecule has 0 heterocycles. The summed E-state index contributed by atoms with van der Waals surface area (Å²) >= 11 is 5.57. The molecule has 0 bridgehead atoms. The average molecular weight is 191 g/mol. The first-order valence-corrected chi connectivity index (χ1v) is 4.52. The Morgan fingerprint density at radius 2 is 2.25 bits per heavy atom. The molecule has 0 spiro atoms. The molecule has 0 aliphatic rings. The summed E-state index contributed by atoms with van der Waals surface area (Å²) < 4.78 is 4.86. The summed E-state index contributed by atoms with van der Waals surface area (Å²) in [7, 11) is 0. The van der Waals surface area contributed by atoms with Gasteiger partial charge in [0.2, 0.25) is 0 Å². The van der Waals surface area contributed by atoms with Gasteiger partial charge in [-0.1, -0.05) is 24.6 Å². The van der Waals surface area contributed by atoms with E-state index in [1.807, 2.05) is 13.0 Å². The summed E-state index contributed by atoms with van der Waals surface area (Å²) in [6.45, 7) is 4.28. The molecule has 0 aromatic heterocycles. The van der Waals surface area contributed by atoms with Gasteiger partial charge >= 0.3 is 5.97 Å². The van der Waals surface area contributed by atoms with E-state index in [0.29, 0.717) is 19.4 Å². The van der Waals surface area contributed by atoms with Crippen LogP contribution in [0.25, 0.3) is 0 Å². The number of ether oxygens (including phenoxy) is 1. The van der Waals surface area contributed by atoms with Crippen molar-refractivity contribution in [1.29, 1.82) is 0 Å². The minimum absolute atomic E-state index is 0.147. The normalized spacial score (nSPS) is 11.4. The summed E-state index contributed by atoms with van der Waals surface area (Å²) in [5.41, 5.74) is 0. The number of hydrogen-bond donors (Lipinski definition) is 0. The van der Waals surface area contributed by atoms with Gasteiger partial charge in [0.1, 0.15) is 0 Å². The fraction of sp³-hybridized carbons (Fsp3) is 0.667. The predicted molar refractivity (Wildman–Crippen MR) is 50.1 cm³/mol. The van der Waals surface area contributed by atoms with E-state index in [9.17, 15) is 4.79 Å². The van der Waals surface area contributed by atoms with Crippen LogP contribution in [0.4, 0.5) is 0 Å². The summed E-state index contributed by atoms with van der Waals surface area (Å²) in [6.07, 6.45) is 3.77. The average Bonchev–Trinajstić information content (AvgIpc) is 2.00.